The second-order valence-corrected chi connectivity index (χ2v) is 9.19. The number of nitrogens with one attached hydrogen (secondary N) is 2. The Labute approximate surface area is 187 Å². The van der Waals surface area contributed by atoms with Crippen LogP contribution >= 0.6 is 0 Å². The Morgan fingerprint density at radius 2 is 1.81 bits per heavy atom. The van der Waals surface area contributed by atoms with E-state index in [2.05, 4.69) is 27.4 Å². The van der Waals surface area contributed by atoms with E-state index in [4.69, 9.17) is 4.74 Å². The molecule has 0 aromatic carbocycles. The maximum Gasteiger partial charge on any atom is 0.410 e. The molecular formula is C22H42N6O3. The molecule has 2 aliphatic heterocycles. The second kappa shape index (κ2) is 12.7. The number of ether oxygens (including phenoxy) is 1. The Hall–Kier alpha value is -2.03. The molecule has 0 aliphatic carbocycles. The van der Waals surface area contributed by atoms with E-state index in [1.165, 1.54) is 0 Å². The maximum atomic E-state index is 12.2. The number of piperazine rings is 1. The Morgan fingerprint density at radius 1 is 1.06 bits per heavy atom. The molecule has 0 atom stereocenters. The van der Waals surface area contributed by atoms with Gasteiger partial charge in [0.15, 0.2) is 5.96 Å². The standard InChI is InChI=1S/C22H42N6O3/c1-5-23-20(25-11-8-14-27-13-6-9-19(27)29)24-10-7-12-26-15-17-28(18-16-26)21(30)31-22(2,3)4/h5-18H2,1-4H3,(H2,23,24,25). The third-order valence-corrected chi connectivity index (χ3v) is 5.34. The fourth-order valence-corrected chi connectivity index (χ4v) is 3.72. The SMILES string of the molecule is CCNC(=NCCCN1CCCC1=O)NCCCN1CCN(C(=O)OC(C)(C)C)CC1. The van der Waals surface area contributed by atoms with Crippen LogP contribution in [0.4, 0.5) is 4.79 Å². The van der Waals surface area contributed by atoms with Crippen LogP contribution in [-0.4, -0.2) is 104 Å². The summed E-state index contributed by atoms with van der Waals surface area (Å²) in [5.41, 5.74) is -0.447. The first-order valence-electron chi connectivity index (χ1n) is 11.8. The number of guanidine groups is 1. The lowest BCUT2D eigenvalue weighted by Gasteiger charge is -2.35. The van der Waals surface area contributed by atoms with Gasteiger partial charge in [0, 0.05) is 65.3 Å². The number of likely N-dealkylation sites (tertiary alicyclic amines) is 1. The van der Waals surface area contributed by atoms with Gasteiger partial charge < -0.3 is 25.2 Å². The van der Waals surface area contributed by atoms with Crippen molar-refractivity contribution in [1.82, 2.24) is 25.3 Å². The van der Waals surface area contributed by atoms with Crippen molar-refractivity contribution in [2.75, 3.05) is 65.4 Å². The van der Waals surface area contributed by atoms with E-state index in [9.17, 15) is 9.59 Å². The van der Waals surface area contributed by atoms with Gasteiger partial charge in [-0.2, -0.15) is 0 Å². The van der Waals surface area contributed by atoms with Gasteiger partial charge in [0.25, 0.3) is 0 Å². The van der Waals surface area contributed by atoms with Gasteiger partial charge >= 0.3 is 6.09 Å². The van der Waals surface area contributed by atoms with Crippen LogP contribution in [-0.2, 0) is 9.53 Å². The minimum Gasteiger partial charge on any atom is -0.444 e. The summed E-state index contributed by atoms with van der Waals surface area (Å²) in [5, 5.41) is 6.68. The second-order valence-electron chi connectivity index (χ2n) is 9.19. The molecule has 0 spiro atoms. The van der Waals surface area contributed by atoms with Crippen molar-refractivity contribution in [3.05, 3.63) is 0 Å². The zero-order chi connectivity index (χ0) is 22.7. The van der Waals surface area contributed by atoms with Gasteiger partial charge in [0.05, 0.1) is 0 Å². The van der Waals surface area contributed by atoms with Crippen LogP contribution in [0.5, 0.6) is 0 Å². The molecule has 0 radical (unpaired) electrons. The molecule has 0 aromatic heterocycles. The molecule has 0 aromatic rings. The molecule has 2 fully saturated rings. The van der Waals surface area contributed by atoms with E-state index >= 15 is 0 Å². The van der Waals surface area contributed by atoms with Crippen molar-refractivity contribution >= 4 is 18.0 Å². The summed E-state index contributed by atoms with van der Waals surface area (Å²) in [4.78, 5) is 34.6. The average molecular weight is 439 g/mol. The van der Waals surface area contributed by atoms with Crippen molar-refractivity contribution in [2.45, 2.75) is 59.0 Å². The molecule has 0 unspecified atom stereocenters. The average Bonchev–Trinajstić information content (AvgIpc) is 3.12. The van der Waals surface area contributed by atoms with Crippen molar-refractivity contribution in [3.63, 3.8) is 0 Å². The molecule has 0 saturated carbocycles. The van der Waals surface area contributed by atoms with Crippen molar-refractivity contribution in [1.29, 1.82) is 0 Å². The molecule has 2 heterocycles. The van der Waals surface area contributed by atoms with Crippen molar-refractivity contribution in [2.24, 2.45) is 4.99 Å². The normalized spacial score (nSPS) is 18.5. The molecule has 2 aliphatic rings. The van der Waals surface area contributed by atoms with Crippen LogP contribution in [0.3, 0.4) is 0 Å². The topological polar surface area (TPSA) is 89.5 Å². The maximum absolute atomic E-state index is 12.2. The zero-order valence-electron chi connectivity index (χ0n) is 19.9. The Kier molecular flexibility index (Phi) is 10.4. The first-order valence-corrected chi connectivity index (χ1v) is 11.8. The highest BCUT2D eigenvalue weighted by atomic mass is 16.6. The lowest BCUT2D eigenvalue weighted by atomic mass is 10.2. The van der Waals surface area contributed by atoms with E-state index in [0.29, 0.717) is 26.1 Å². The molecule has 9 nitrogen and oxygen atoms in total. The van der Waals surface area contributed by atoms with Gasteiger partial charge in [0.2, 0.25) is 5.91 Å². The highest BCUT2D eigenvalue weighted by Gasteiger charge is 2.25. The number of rotatable bonds is 9. The number of hydrogen-bond acceptors (Lipinski definition) is 5. The molecule has 178 valence electrons. The van der Waals surface area contributed by atoms with E-state index in [1.54, 1.807) is 4.90 Å². The lowest BCUT2D eigenvalue weighted by molar-refractivity contribution is -0.127. The molecule has 2 saturated heterocycles. The minimum absolute atomic E-state index is 0.214. The van der Waals surface area contributed by atoms with Crippen LogP contribution in [0, 0.1) is 0 Å². The van der Waals surface area contributed by atoms with Gasteiger partial charge in [-0.1, -0.05) is 0 Å². The molecule has 9 heteroatoms. The third-order valence-electron chi connectivity index (χ3n) is 5.34. The fourth-order valence-electron chi connectivity index (χ4n) is 3.72. The molecule has 2 amide bonds. The van der Waals surface area contributed by atoms with Gasteiger partial charge in [-0.15, -0.1) is 0 Å². The van der Waals surface area contributed by atoms with Crippen LogP contribution in [0.2, 0.25) is 0 Å². The minimum atomic E-state index is -0.447. The Morgan fingerprint density at radius 3 is 2.42 bits per heavy atom. The molecule has 0 bridgehead atoms. The largest absolute Gasteiger partial charge is 0.444 e. The van der Waals surface area contributed by atoms with Gasteiger partial charge in [-0.05, 0) is 53.5 Å². The summed E-state index contributed by atoms with van der Waals surface area (Å²) >= 11 is 0. The first kappa shape index (κ1) is 25.2. The van der Waals surface area contributed by atoms with Gasteiger partial charge in [0.1, 0.15) is 5.60 Å². The molecule has 2 rings (SSSR count). The monoisotopic (exact) mass is 438 g/mol. The zero-order valence-corrected chi connectivity index (χ0v) is 19.9. The number of aliphatic imine (C=N–C) groups is 1. The highest BCUT2D eigenvalue weighted by Crippen LogP contribution is 2.12. The van der Waals surface area contributed by atoms with Crippen LogP contribution in [0.1, 0.15) is 53.4 Å². The quantitative estimate of drug-likeness (QED) is 0.322. The summed E-state index contributed by atoms with van der Waals surface area (Å²) in [7, 11) is 0. The van der Waals surface area contributed by atoms with Crippen LogP contribution in [0.25, 0.3) is 0 Å². The summed E-state index contributed by atoms with van der Waals surface area (Å²) in [6.45, 7) is 16.0. The molecule has 31 heavy (non-hydrogen) atoms. The number of hydrogen-bond donors (Lipinski definition) is 2. The summed E-state index contributed by atoms with van der Waals surface area (Å²) < 4.78 is 5.45. The summed E-state index contributed by atoms with van der Waals surface area (Å²) in [6, 6.07) is 0. The number of carbonyl (C=O) groups excluding carboxylic acids is 2. The Balaban J connectivity index is 1.59. The highest BCUT2D eigenvalue weighted by molar-refractivity contribution is 5.79. The van der Waals surface area contributed by atoms with E-state index in [-0.39, 0.29) is 12.0 Å². The number of carbonyl (C=O) groups is 2. The van der Waals surface area contributed by atoms with E-state index < -0.39 is 5.60 Å². The van der Waals surface area contributed by atoms with Gasteiger partial charge in [-0.25, -0.2) is 4.79 Å². The third kappa shape index (κ3) is 9.76. The fraction of sp³-hybridized carbons (Fsp3) is 0.864. The van der Waals surface area contributed by atoms with Crippen molar-refractivity contribution in [3.8, 4) is 0 Å². The van der Waals surface area contributed by atoms with Gasteiger partial charge in [-0.3, -0.25) is 14.7 Å². The predicted molar refractivity (Wildman–Crippen MR) is 123 cm³/mol. The first-order chi connectivity index (χ1) is 14.8. The van der Waals surface area contributed by atoms with Crippen LogP contribution in [0.15, 0.2) is 4.99 Å². The van der Waals surface area contributed by atoms with Crippen molar-refractivity contribution < 1.29 is 14.3 Å². The molecular weight excluding hydrogens is 396 g/mol. The van der Waals surface area contributed by atoms with Crippen LogP contribution < -0.4 is 10.6 Å². The van der Waals surface area contributed by atoms with E-state index in [0.717, 1.165) is 71.0 Å². The molecule has 2 N–H and O–H groups in total. The Bertz CT molecular complexity index is 597. The number of nitrogens with zero attached hydrogens (tertiary/aromatic N) is 4. The number of amides is 2. The predicted octanol–water partition coefficient (Wildman–Crippen LogP) is 1.50. The van der Waals surface area contributed by atoms with E-state index in [1.807, 2.05) is 25.7 Å². The lowest BCUT2D eigenvalue weighted by Crippen LogP contribution is -2.50. The summed E-state index contributed by atoms with van der Waals surface area (Å²) in [5.74, 6) is 1.12. The summed E-state index contributed by atoms with van der Waals surface area (Å²) in [6.07, 6.45) is 3.38. The smallest absolute Gasteiger partial charge is 0.410 e.